The van der Waals surface area contributed by atoms with Gasteiger partial charge in [-0.2, -0.15) is 0 Å². The molecule has 0 amide bonds. The van der Waals surface area contributed by atoms with Crippen molar-refractivity contribution in [2.45, 2.75) is 44.9 Å². The van der Waals surface area contributed by atoms with Crippen LogP contribution in [0.15, 0.2) is 30.3 Å². The van der Waals surface area contributed by atoms with E-state index in [0.717, 1.165) is 43.2 Å². The van der Waals surface area contributed by atoms with E-state index in [-0.39, 0.29) is 34.9 Å². The van der Waals surface area contributed by atoms with E-state index >= 15 is 0 Å². The molecule has 1 N–H and O–H groups in total. The Morgan fingerprint density at radius 2 is 1.71 bits per heavy atom. The van der Waals surface area contributed by atoms with Crippen LogP contribution in [0, 0.1) is 5.92 Å². The van der Waals surface area contributed by atoms with Gasteiger partial charge in [-0.25, -0.2) is 0 Å². The molecule has 0 radical (unpaired) electrons. The molecule has 0 bridgehead atoms. The van der Waals surface area contributed by atoms with Gasteiger partial charge in [0.05, 0.1) is 13.0 Å². The zero-order chi connectivity index (χ0) is 19.7. The first kappa shape index (κ1) is 18.5. The molecule has 2 aliphatic carbocycles. The largest absolute Gasteiger partial charge is 0.504 e. The fraction of sp³-hybridized carbons (Fsp3) is 0.391. The molecule has 2 aliphatic rings. The highest BCUT2D eigenvalue weighted by atomic mass is 16.6. The minimum atomic E-state index is -0.284. The Hall–Kier alpha value is -2.82. The van der Waals surface area contributed by atoms with E-state index < -0.39 is 0 Å². The molecule has 0 aromatic heterocycles. The number of esters is 1. The molecular weight excluding hydrogens is 356 g/mol. The number of fused-ring (bicyclic) bond motifs is 1. The lowest BCUT2D eigenvalue weighted by atomic mass is 9.89. The van der Waals surface area contributed by atoms with E-state index in [1.165, 1.54) is 13.2 Å². The molecule has 0 aliphatic heterocycles. The maximum absolute atomic E-state index is 12.8. The van der Waals surface area contributed by atoms with E-state index in [1.54, 1.807) is 6.07 Å². The molecule has 5 nitrogen and oxygen atoms in total. The summed E-state index contributed by atoms with van der Waals surface area (Å²) in [5.41, 5.74) is 3.17. The standard InChI is InChI=1S/C23H24O5/c1-27-22-20(25)13-11-18(15-8-5-9-17-16(15)10-12-19(17)24)21(22)28-23(26)14-6-3-2-4-7-14/h5,8-9,11,13-14,25H,2-4,6-7,10,12H2,1H3. The second-order valence-electron chi connectivity index (χ2n) is 7.51. The van der Waals surface area contributed by atoms with E-state index in [0.29, 0.717) is 24.0 Å². The highest BCUT2D eigenvalue weighted by Gasteiger charge is 2.29. The SMILES string of the molecule is COc1c(O)ccc(-c2cccc3c2CCC3=O)c1OC(=O)C1CCCCC1. The predicted octanol–water partition coefficient (Wildman–Crippen LogP) is 4.68. The number of aromatic hydroxyl groups is 1. The summed E-state index contributed by atoms with van der Waals surface area (Å²) >= 11 is 0. The van der Waals surface area contributed by atoms with Crippen LogP contribution < -0.4 is 9.47 Å². The second-order valence-corrected chi connectivity index (χ2v) is 7.51. The molecule has 0 unspecified atom stereocenters. The lowest BCUT2D eigenvalue weighted by Crippen LogP contribution is -2.23. The number of phenols is 1. The van der Waals surface area contributed by atoms with Gasteiger partial charge in [0.15, 0.2) is 17.3 Å². The van der Waals surface area contributed by atoms with Gasteiger partial charge in [-0.1, -0.05) is 37.5 Å². The normalized spacial score (nSPS) is 16.7. The van der Waals surface area contributed by atoms with Crippen LogP contribution in [0.4, 0.5) is 0 Å². The summed E-state index contributed by atoms with van der Waals surface area (Å²) in [6.45, 7) is 0. The topological polar surface area (TPSA) is 72.8 Å². The van der Waals surface area contributed by atoms with Gasteiger partial charge in [0.25, 0.3) is 0 Å². The monoisotopic (exact) mass is 380 g/mol. The van der Waals surface area contributed by atoms with E-state index in [2.05, 4.69) is 0 Å². The average Bonchev–Trinajstić information content (AvgIpc) is 3.10. The molecule has 5 heteroatoms. The molecule has 146 valence electrons. The van der Waals surface area contributed by atoms with Crippen LogP contribution in [-0.2, 0) is 11.2 Å². The van der Waals surface area contributed by atoms with E-state index in [1.807, 2.05) is 18.2 Å². The quantitative estimate of drug-likeness (QED) is 0.616. The Morgan fingerprint density at radius 3 is 2.46 bits per heavy atom. The number of Topliss-reactive ketones (excluding diaryl/α,β-unsaturated/α-hetero) is 1. The van der Waals surface area contributed by atoms with Crippen molar-refractivity contribution in [1.82, 2.24) is 0 Å². The first-order valence-corrected chi connectivity index (χ1v) is 9.87. The Morgan fingerprint density at radius 1 is 0.964 bits per heavy atom. The number of hydrogen-bond donors (Lipinski definition) is 1. The molecule has 0 heterocycles. The van der Waals surface area contributed by atoms with Crippen molar-refractivity contribution in [1.29, 1.82) is 0 Å². The molecule has 0 spiro atoms. The van der Waals surface area contributed by atoms with Crippen LogP contribution in [0.5, 0.6) is 17.2 Å². The van der Waals surface area contributed by atoms with Crippen LogP contribution in [0.1, 0.15) is 54.4 Å². The lowest BCUT2D eigenvalue weighted by Gasteiger charge is -2.22. The van der Waals surface area contributed by atoms with Gasteiger partial charge in [-0.3, -0.25) is 9.59 Å². The van der Waals surface area contributed by atoms with Gasteiger partial charge in [0, 0.05) is 17.5 Å². The summed E-state index contributed by atoms with van der Waals surface area (Å²) in [4.78, 5) is 24.9. The zero-order valence-corrected chi connectivity index (χ0v) is 16.0. The number of methoxy groups -OCH3 is 1. The summed E-state index contributed by atoms with van der Waals surface area (Å²) in [5.74, 6) is 0.00400. The molecule has 28 heavy (non-hydrogen) atoms. The molecular formula is C23H24O5. The smallest absolute Gasteiger partial charge is 0.314 e. The van der Waals surface area contributed by atoms with Crippen molar-refractivity contribution in [3.8, 4) is 28.4 Å². The maximum Gasteiger partial charge on any atom is 0.314 e. The van der Waals surface area contributed by atoms with Gasteiger partial charge in [0.1, 0.15) is 0 Å². The number of phenolic OH excluding ortho intramolecular Hbond substituents is 1. The number of ketones is 1. The van der Waals surface area contributed by atoms with Crippen molar-refractivity contribution in [2.24, 2.45) is 5.92 Å². The highest BCUT2D eigenvalue weighted by molar-refractivity contribution is 6.03. The van der Waals surface area contributed by atoms with Crippen molar-refractivity contribution < 1.29 is 24.2 Å². The first-order chi connectivity index (χ1) is 13.6. The summed E-state index contributed by atoms with van der Waals surface area (Å²) in [6.07, 6.45) is 5.99. The lowest BCUT2D eigenvalue weighted by molar-refractivity contribution is -0.140. The minimum Gasteiger partial charge on any atom is -0.504 e. The second kappa shape index (κ2) is 7.66. The summed E-state index contributed by atoms with van der Waals surface area (Å²) in [5, 5.41) is 10.3. The summed E-state index contributed by atoms with van der Waals surface area (Å²) in [6, 6.07) is 8.84. The minimum absolute atomic E-state index is 0.0821. The Labute approximate surface area is 164 Å². The molecule has 2 aromatic rings. The zero-order valence-electron chi connectivity index (χ0n) is 16.0. The third-order valence-corrected chi connectivity index (χ3v) is 5.81. The van der Waals surface area contributed by atoms with Crippen LogP contribution in [0.25, 0.3) is 11.1 Å². The van der Waals surface area contributed by atoms with Crippen molar-refractivity contribution in [2.75, 3.05) is 7.11 Å². The fourth-order valence-corrected chi connectivity index (χ4v) is 4.33. The van der Waals surface area contributed by atoms with Gasteiger partial charge in [-0.15, -0.1) is 0 Å². The molecule has 1 saturated carbocycles. The number of carbonyl (C=O) groups excluding carboxylic acids is 2. The van der Waals surface area contributed by atoms with Crippen molar-refractivity contribution >= 4 is 11.8 Å². The number of benzene rings is 2. The average molecular weight is 380 g/mol. The molecule has 0 atom stereocenters. The van der Waals surface area contributed by atoms with Crippen LogP contribution in [-0.4, -0.2) is 24.0 Å². The third-order valence-electron chi connectivity index (χ3n) is 5.81. The highest BCUT2D eigenvalue weighted by Crippen LogP contribution is 2.46. The molecule has 2 aromatic carbocycles. The maximum atomic E-state index is 12.8. The summed E-state index contributed by atoms with van der Waals surface area (Å²) in [7, 11) is 1.44. The Bertz CT molecular complexity index is 925. The van der Waals surface area contributed by atoms with Crippen LogP contribution >= 0.6 is 0 Å². The Kier molecular flexibility index (Phi) is 5.07. The van der Waals surface area contributed by atoms with E-state index in [4.69, 9.17) is 9.47 Å². The van der Waals surface area contributed by atoms with Crippen molar-refractivity contribution in [3.63, 3.8) is 0 Å². The number of ether oxygens (including phenoxy) is 2. The van der Waals surface area contributed by atoms with Gasteiger partial charge in [0.2, 0.25) is 5.75 Å². The summed E-state index contributed by atoms with van der Waals surface area (Å²) < 4.78 is 11.2. The molecule has 1 fully saturated rings. The predicted molar refractivity (Wildman–Crippen MR) is 105 cm³/mol. The van der Waals surface area contributed by atoms with Gasteiger partial charge in [-0.05, 0) is 42.5 Å². The molecule has 4 rings (SSSR count). The molecule has 0 saturated heterocycles. The first-order valence-electron chi connectivity index (χ1n) is 9.87. The van der Waals surface area contributed by atoms with Crippen LogP contribution in [0.3, 0.4) is 0 Å². The fourth-order valence-electron chi connectivity index (χ4n) is 4.33. The van der Waals surface area contributed by atoms with Gasteiger partial charge < -0.3 is 14.6 Å². The number of carbonyl (C=O) groups is 2. The van der Waals surface area contributed by atoms with E-state index in [9.17, 15) is 14.7 Å². The third kappa shape index (κ3) is 3.26. The Balaban J connectivity index is 1.79. The number of hydrogen-bond acceptors (Lipinski definition) is 5. The van der Waals surface area contributed by atoms with Crippen molar-refractivity contribution in [3.05, 3.63) is 41.5 Å². The number of rotatable bonds is 4. The van der Waals surface area contributed by atoms with Gasteiger partial charge >= 0.3 is 5.97 Å². The van der Waals surface area contributed by atoms with Crippen LogP contribution in [0.2, 0.25) is 0 Å².